The number of halogens is 2. The average molecular weight is 419 g/mol. The molecule has 1 amide bonds. The molecule has 1 aliphatic heterocycles. The van der Waals surface area contributed by atoms with Gasteiger partial charge in [0.05, 0.1) is 6.20 Å². The van der Waals surface area contributed by atoms with Gasteiger partial charge >= 0.3 is 0 Å². The number of hydrogen-bond donors (Lipinski definition) is 2. The Bertz CT molecular complexity index is 1010. The highest BCUT2D eigenvalue weighted by Crippen LogP contribution is 2.26. The Morgan fingerprint density at radius 2 is 2.00 bits per heavy atom. The highest BCUT2D eigenvalue weighted by atomic mass is 35.5. The second-order valence-electron chi connectivity index (χ2n) is 6.85. The molecule has 3 aromatic rings. The fourth-order valence-electron chi connectivity index (χ4n) is 3.43. The summed E-state index contributed by atoms with van der Waals surface area (Å²) in [6.07, 6.45) is 3.20. The number of carbonyl (C=O) groups excluding carboxylic acids is 1. The van der Waals surface area contributed by atoms with Crippen molar-refractivity contribution >= 4 is 46.4 Å². The van der Waals surface area contributed by atoms with Gasteiger partial charge in [-0.25, -0.2) is 4.98 Å². The summed E-state index contributed by atoms with van der Waals surface area (Å²) in [6, 6.07) is 9.27. The molecule has 1 fully saturated rings. The van der Waals surface area contributed by atoms with Gasteiger partial charge in [-0.1, -0.05) is 29.3 Å². The lowest BCUT2D eigenvalue weighted by Gasteiger charge is -2.31. The van der Waals surface area contributed by atoms with Crippen molar-refractivity contribution in [2.75, 3.05) is 23.3 Å². The van der Waals surface area contributed by atoms with Crippen LogP contribution in [-0.4, -0.2) is 33.6 Å². The Balaban J connectivity index is 1.56. The van der Waals surface area contributed by atoms with Gasteiger partial charge in [0.1, 0.15) is 11.6 Å². The van der Waals surface area contributed by atoms with Crippen LogP contribution in [0.2, 0.25) is 10.0 Å². The third kappa shape index (κ3) is 3.86. The maximum absolute atomic E-state index is 11.4. The molecule has 3 heterocycles. The van der Waals surface area contributed by atoms with Gasteiger partial charge in [0.25, 0.3) is 0 Å². The molecule has 146 valence electrons. The normalized spacial score (nSPS) is 15.1. The van der Waals surface area contributed by atoms with Crippen LogP contribution in [0, 0.1) is 5.92 Å². The van der Waals surface area contributed by atoms with Crippen molar-refractivity contribution < 1.29 is 4.79 Å². The fraction of sp³-hybridized carbons (Fsp3) is 0.316. The lowest BCUT2D eigenvalue weighted by molar-refractivity contribution is -0.122. The molecule has 7 nitrogen and oxygen atoms in total. The summed E-state index contributed by atoms with van der Waals surface area (Å²) < 4.78 is 1.75. The highest BCUT2D eigenvalue weighted by Gasteiger charge is 2.24. The van der Waals surface area contributed by atoms with Crippen LogP contribution in [0.5, 0.6) is 0 Å². The minimum atomic E-state index is -0.221. The van der Waals surface area contributed by atoms with Crippen LogP contribution in [0.15, 0.2) is 36.5 Å². The fourth-order valence-corrected chi connectivity index (χ4v) is 3.91. The van der Waals surface area contributed by atoms with Crippen LogP contribution in [0.4, 0.5) is 11.6 Å². The molecule has 1 aromatic carbocycles. The molecule has 0 atom stereocenters. The average Bonchev–Trinajstić information content (AvgIpc) is 3.16. The summed E-state index contributed by atoms with van der Waals surface area (Å²) in [5.74, 6) is 1.38. The van der Waals surface area contributed by atoms with E-state index in [0.29, 0.717) is 16.6 Å². The van der Waals surface area contributed by atoms with Gasteiger partial charge in [-0.15, -0.1) is 0 Å². The lowest BCUT2D eigenvalue weighted by Crippen LogP contribution is -2.39. The highest BCUT2D eigenvalue weighted by molar-refractivity contribution is 6.35. The molecule has 0 aliphatic carbocycles. The van der Waals surface area contributed by atoms with Crippen LogP contribution in [-0.2, 0) is 11.3 Å². The van der Waals surface area contributed by atoms with Gasteiger partial charge in [0.2, 0.25) is 5.91 Å². The maximum Gasteiger partial charge on any atom is 0.220 e. The molecular formula is C19H20Cl2N6O. The van der Waals surface area contributed by atoms with Crippen molar-refractivity contribution in [1.29, 1.82) is 0 Å². The Hall–Kier alpha value is -2.51. The molecule has 28 heavy (non-hydrogen) atoms. The summed E-state index contributed by atoms with van der Waals surface area (Å²) in [4.78, 5) is 18.3. The summed E-state index contributed by atoms with van der Waals surface area (Å²) in [5.41, 5.74) is 7.12. The van der Waals surface area contributed by atoms with Crippen molar-refractivity contribution in [3.8, 4) is 0 Å². The number of aromatic nitrogens is 3. The second-order valence-corrected chi connectivity index (χ2v) is 7.70. The number of nitrogens with zero attached hydrogens (tertiary/aromatic N) is 4. The van der Waals surface area contributed by atoms with Crippen molar-refractivity contribution in [3.05, 3.63) is 52.1 Å². The Kier molecular flexibility index (Phi) is 5.28. The van der Waals surface area contributed by atoms with Crippen LogP contribution in [0.3, 0.4) is 0 Å². The molecule has 4 rings (SSSR count). The van der Waals surface area contributed by atoms with E-state index < -0.39 is 0 Å². The molecule has 1 saturated heterocycles. The van der Waals surface area contributed by atoms with E-state index in [9.17, 15) is 4.79 Å². The summed E-state index contributed by atoms with van der Waals surface area (Å²) >= 11 is 12.3. The van der Waals surface area contributed by atoms with Crippen LogP contribution < -0.4 is 16.0 Å². The first-order chi connectivity index (χ1) is 13.5. The Morgan fingerprint density at radius 1 is 1.21 bits per heavy atom. The summed E-state index contributed by atoms with van der Waals surface area (Å²) in [7, 11) is 0. The van der Waals surface area contributed by atoms with Crippen molar-refractivity contribution in [2.45, 2.75) is 19.4 Å². The molecule has 0 unspecified atom stereocenters. The number of rotatable bonds is 5. The van der Waals surface area contributed by atoms with Crippen molar-refractivity contribution in [2.24, 2.45) is 11.7 Å². The molecule has 9 heteroatoms. The van der Waals surface area contributed by atoms with E-state index in [1.807, 2.05) is 24.3 Å². The SMILES string of the molecule is NC(=O)C1CCN(c2cc(NCc3ccc(Cl)cc3Cl)n3nccc3n2)CC1. The zero-order valence-electron chi connectivity index (χ0n) is 15.1. The minimum Gasteiger partial charge on any atom is -0.369 e. The van der Waals surface area contributed by atoms with Crippen LogP contribution in [0.25, 0.3) is 5.65 Å². The monoisotopic (exact) mass is 418 g/mol. The number of nitrogens with one attached hydrogen (secondary N) is 1. The molecule has 0 bridgehead atoms. The van der Waals surface area contributed by atoms with Gasteiger partial charge in [-0.3, -0.25) is 4.79 Å². The van der Waals surface area contributed by atoms with E-state index in [1.54, 1.807) is 16.8 Å². The van der Waals surface area contributed by atoms with E-state index >= 15 is 0 Å². The number of anilines is 2. The number of carbonyl (C=O) groups is 1. The molecular weight excluding hydrogens is 399 g/mol. The first kappa shape index (κ1) is 18.8. The van der Waals surface area contributed by atoms with Gasteiger partial charge in [0.15, 0.2) is 5.65 Å². The third-order valence-corrected chi connectivity index (χ3v) is 5.63. The predicted molar refractivity (Wildman–Crippen MR) is 111 cm³/mol. The molecule has 0 saturated carbocycles. The number of primary amides is 1. The van der Waals surface area contributed by atoms with E-state index in [0.717, 1.165) is 48.8 Å². The quantitative estimate of drug-likeness (QED) is 0.662. The standard InChI is InChI=1S/C19H20Cl2N6O/c20-14-2-1-13(15(21)9-14)11-23-17-10-18(25-16-3-6-24-27(16)17)26-7-4-12(5-8-26)19(22)28/h1-3,6,9-10,12,23H,4-5,7-8,11H2,(H2,22,28). The number of amides is 1. The predicted octanol–water partition coefficient (Wildman–Crippen LogP) is 3.35. The third-order valence-electron chi connectivity index (χ3n) is 5.04. The zero-order chi connectivity index (χ0) is 19.7. The van der Waals surface area contributed by atoms with E-state index in [-0.39, 0.29) is 11.8 Å². The first-order valence-electron chi connectivity index (χ1n) is 9.08. The second kappa shape index (κ2) is 7.85. The van der Waals surface area contributed by atoms with E-state index in [1.165, 1.54) is 0 Å². The van der Waals surface area contributed by atoms with Crippen LogP contribution >= 0.6 is 23.2 Å². The lowest BCUT2D eigenvalue weighted by atomic mass is 9.96. The molecule has 1 aliphatic rings. The van der Waals surface area contributed by atoms with E-state index in [2.05, 4.69) is 15.3 Å². The van der Waals surface area contributed by atoms with Gasteiger partial charge < -0.3 is 16.0 Å². The Morgan fingerprint density at radius 3 is 2.71 bits per heavy atom. The maximum atomic E-state index is 11.4. The number of nitrogens with two attached hydrogens (primary N) is 1. The van der Waals surface area contributed by atoms with Gasteiger partial charge in [-0.2, -0.15) is 9.61 Å². The smallest absolute Gasteiger partial charge is 0.220 e. The van der Waals surface area contributed by atoms with Gasteiger partial charge in [-0.05, 0) is 30.5 Å². The number of piperidine rings is 1. The minimum absolute atomic E-state index is 0.0559. The van der Waals surface area contributed by atoms with Crippen molar-refractivity contribution in [3.63, 3.8) is 0 Å². The van der Waals surface area contributed by atoms with Gasteiger partial charge in [0, 0.05) is 47.7 Å². The van der Waals surface area contributed by atoms with Crippen molar-refractivity contribution in [1.82, 2.24) is 14.6 Å². The topological polar surface area (TPSA) is 88.6 Å². The molecule has 3 N–H and O–H groups in total. The van der Waals surface area contributed by atoms with E-state index in [4.69, 9.17) is 33.9 Å². The number of hydrogen-bond acceptors (Lipinski definition) is 5. The molecule has 0 radical (unpaired) electrons. The largest absolute Gasteiger partial charge is 0.369 e. The zero-order valence-corrected chi connectivity index (χ0v) is 16.6. The molecule has 2 aromatic heterocycles. The summed E-state index contributed by atoms with van der Waals surface area (Å²) in [5, 5.41) is 8.95. The number of fused-ring (bicyclic) bond motifs is 1. The van der Waals surface area contributed by atoms with Crippen LogP contribution in [0.1, 0.15) is 18.4 Å². The molecule has 0 spiro atoms. The first-order valence-corrected chi connectivity index (χ1v) is 9.84. The number of benzene rings is 1. The Labute approximate surface area is 172 Å². The summed E-state index contributed by atoms with van der Waals surface area (Å²) in [6.45, 7) is 2.01.